The van der Waals surface area contributed by atoms with Gasteiger partial charge in [-0.3, -0.25) is 0 Å². The minimum absolute atomic E-state index is 0.631. The minimum Gasteiger partial charge on any atom is -0.477 e. The van der Waals surface area contributed by atoms with E-state index < -0.39 is 17.5 Å². The number of aliphatic carboxylic acids is 2. The van der Waals surface area contributed by atoms with Gasteiger partial charge in [0.15, 0.2) is 0 Å². The van der Waals surface area contributed by atoms with Crippen LogP contribution in [0, 0.1) is 0 Å². The summed E-state index contributed by atoms with van der Waals surface area (Å²) in [5.74, 6) is -2.86. The van der Waals surface area contributed by atoms with Crippen molar-refractivity contribution in [2.45, 2.75) is 71.1 Å². The number of carboxylic acid groups (broad SMARTS) is 2. The zero-order chi connectivity index (χ0) is 17.3. The van der Waals surface area contributed by atoms with E-state index in [0.717, 1.165) is 18.9 Å². The summed E-state index contributed by atoms with van der Waals surface area (Å²) in [7, 11) is 0. The lowest BCUT2D eigenvalue weighted by molar-refractivity contribution is -0.140. The highest BCUT2D eigenvalue weighted by Crippen LogP contribution is 2.10. The van der Waals surface area contributed by atoms with Crippen molar-refractivity contribution in [2.24, 2.45) is 0 Å². The van der Waals surface area contributed by atoms with Gasteiger partial charge in [0.25, 0.3) is 0 Å². The van der Waals surface area contributed by atoms with Gasteiger partial charge in [0.05, 0.1) is 0 Å². The third kappa shape index (κ3) is 13.5. The van der Waals surface area contributed by atoms with Gasteiger partial charge in [-0.1, -0.05) is 82.6 Å². The van der Waals surface area contributed by atoms with Crippen LogP contribution in [0.3, 0.4) is 0 Å². The molecule has 2 N–H and O–H groups in total. The highest BCUT2D eigenvalue weighted by molar-refractivity contribution is 6.12. The Balaban J connectivity index is 3.64. The number of unbranched alkanes of at least 4 members (excludes halogenated alkanes) is 9. The molecule has 0 unspecified atom stereocenters. The number of allylic oxidation sites excluding steroid dienone is 5. The summed E-state index contributed by atoms with van der Waals surface area (Å²) >= 11 is 0. The number of rotatable bonds is 14. The summed E-state index contributed by atoms with van der Waals surface area (Å²) in [5, 5.41) is 17.3. The molecule has 0 aliphatic rings. The fourth-order valence-corrected chi connectivity index (χ4v) is 2.20. The van der Waals surface area contributed by atoms with E-state index in [2.05, 4.69) is 6.92 Å². The second-order valence-electron chi connectivity index (χ2n) is 5.62. The first kappa shape index (κ1) is 21.2. The quantitative estimate of drug-likeness (QED) is 0.153. The maximum atomic E-state index is 10.6. The molecule has 0 aromatic rings. The van der Waals surface area contributed by atoms with Crippen molar-refractivity contribution in [3.8, 4) is 0 Å². The molecule has 0 aromatic heterocycles. The molecule has 0 radical (unpaired) electrons. The molecule has 0 saturated heterocycles. The summed E-state index contributed by atoms with van der Waals surface area (Å²) in [6.45, 7) is 2.23. The van der Waals surface area contributed by atoms with Crippen molar-refractivity contribution in [3.63, 3.8) is 0 Å². The van der Waals surface area contributed by atoms with Crippen LogP contribution in [-0.2, 0) is 9.59 Å². The van der Waals surface area contributed by atoms with Gasteiger partial charge in [0.2, 0.25) is 0 Å². The van der Waals surface area contributed by atoms with E-state index >= 15 is 0 Å². The predicted molar refractivity (Wildman–Crippen MR) is 93.5 cm³/mol. The molecule has 0 heterocycles. The fourth-order valence-electron chi connectivity index (χ4n) is 2.20. The van der Waals surface area contributed by atoms with Gasteiger partial charge in [-0.25, -0.2) is 9.59 Å². The third-order valence-corrected chi connectivity index (χ3v) is 3.56. The van der Waals surface area contributed by atoms with Crippen LogP contribution in [0.2, 0.25) is 0 Å². The summed E-state index contributed by atoms with van der Waals surface area (Å²) in [5.41, 5.74) is -0.631. The molecule has 23 heavy (non-hydrogen) atoms. The van der Waals surface area contributed by atoms with Gasteiger partial charge in [0.1, 0.15) is 5.57 Å². The van der Waals surface area contributed by atoms with Gasteiger partial charge in [-0.05, 0) is 18.9 Å². The van der Waals surface area contributed by atoms with E-state index in [0.29, 0.717) is 0 Å². The van der Waals surface area contributed by atoms with Crippen molar-refractivity contribution in [2.75, 3.05) is 0 Å². The highest BCUT2D eigenvalue weighted by atomic mass is 16.4. The first-order chi connectivity index (χ1) is 11.1. The molecule has 0 amide bonds. The average Bonchev–Trinajstić information content (AvgIpc) is 2.50. The van der Waals surface area contributed by atoms with Crippen LogP contribution in [0.15, 0.2) is 36.0 Å². The fraction of sp³-hybridized carbons (Fsp3) is 0.579. The molecule has 0 atom stereocenters. The van der Waals surface area contributed by atoms with Gasteiger partial charge >= 0.3 is 11.9 Å². The van der Waals surface area contributed by atoms with Gasteiger partial charge < -0.3 is 10.2 Å². The van der Waals surface area contributed by atoms with Crippen molar-refractivity contribution < 1.29 is 19.8 Å². The molecule has 0 rings (SSSR count). The topological polar surface area (TPSA) is 74.6 Å². The SMILES string of the molecule is CCCCCCCCCCCC=CC=CC=C(C(=O)O)C(=O)O. The van der Waals surface area contributed by atoms with Crippen LogP contribution < -0.4 is 0 Å². The standard InChI is InChI=1S/C19H30O4/c1-2-3-4-5-6-7-8-9-10-11-12-13-14-15-16-17(18(20)21)19(22)23/h12-16H,2-11H2,1H3,(H,20,21)(H,22,23). The van der Waals surface area contributed by atoms with Gasteiger partial charge in [-0.15, -0.1) is 0 Å². The zero-order valence-corrected chi connectivity index (χ0v) is 14.2. The summed E-state index contributed by atoms with van der Waals surface area (Å²) in [6.07, 6.45) is 20.8. The average molecular weight is 322 g/mol. The normalized spacial score (nSPS) is 11.2. The summed E-state index contributed by atoms with van der Waals surface area (Å²) in [6, 6.07) is 0. The maximum absolute atomic E-state index is 10.6. The predicted octanol–water partition coefficient (Wildman–Crippen LogP) is 5.12. The van der Waals surface area contributed by atoms with E-state index in [-0.39, 0.29) is 0 Å². The van der Waals surface area contributed by atoms with Crippen LogP contribution in [0.5, 0.6) is 0 Å². The number of carbonyl (C=O) groups is 2. The lowest BCUT2D eigenvalue weighted by Gasteiger charge is -2.00. The molecular weight excluding hydrogens is 292 g/mol. The van der Waals surface area contributed by atoms with Crippen molar-refractivity contribution in [3.05, 3.63) is 36.0 Å². The van der Waals surface area contributed by atoms with Crippen molar-refractivity contribution in [1.29, 1.82) is 0 Å². The molecule has 0 saturated carbocycles. The smallest absolute Gasteiger partial charge is 0.343 e. The first-order valence-corrected chi connectivity index (χ1v) is 8.59. The molecule has 0 aliphatic heterocycles. The number of hydrogen-bond acceptors (Lipinski definition) is 2. The van der Waals surface area contributed by atoms with Gasteiger partial charge in [-0.2, -0.15) is 0 Å². The molecular formula is C19H30O4. The Kier molecular flexibility index (Phi) is 13.9. The Hall–Kier alpha value is -1.84. The zero-order valence-electron chi connectivity index (χ0n) is 14.2. The van der Waals surface area contributed by atoms with Crippen LogP contribution in [0.4, 0.5) is 0 Å². The second-order valence-corrected chi connectivity index (χ2v) is 5.62. The molecule has 0 aromatic carbocycles. The summed E-state index contributed by atoms with van der Waals surface area (Å²) in [4.78, 5) is 21.2. The van der Waals surface area contributed by atoms with E-state index in [1.807, 2.05) is 12.2 Å². The van der Waals surface area contributed by atoms with Crippen molar-refractivity contribution >= 4 is 11.9 Å². The molecule has 0 aliphatic carbocycles. The molecule has 0 spiro atoms. The van der Waals surface area contributed by atoms with E-state index in [9.17, 15) is 9.59 Å². The lowest BCUT2D eigenvalue weighted by Crippen LogP contribution is -2.10. The van der Waals surface area contributed by atoms with Crippen molar-refractivity contribution in [1.82, 2.24) is 0 Å². The Bertz CT molecular complexity index is 403. The Morgan fingerprint density at radius 3 is 1.78 bits per heavy atom. The molecule has 0 bridgehead atoms. The van der Waals surface area contributed by atoms with E-state index in [4.69, 9.17) is 10.2 Å². The minimum atomic E-state index is -1.43. The molecule has 0 fully saturated rings. The van der Waals surface area contributed by atoms with Gasteiger partial charge in [0, 0.05) is 0 Å². The summed E-state index contributed by atoms with van der Waals surface area (Å²) < 4.78 is 0. The third-order valence-electron chi connectivity index (χ3n) is 3.56. The van der Waals surface area contributed by atoms with Crippen LogP contribution in [0.1, 0.15) is 71.1 Å². The van der Waals surface area contributed by atoms with Crippen LogP contribution in [-0.4, -0.2) is 22.2 Å². The maximum Gasteiger partial charge on any atom is 0.343 e. The van der Waals surface area contributed by atoms with Crippen LogP contribution in [0.25, 0.3) is 0 Å². The molecule has 4 nitrogen and oxygen atoms in total. The van der Waals surface area contributed by atoms with E-state index in [1.54, 1.807) is 6.08 Å². The largest absolute Gasteiger partial charge is 0.477 e. The number of carboxylic acids is 2. The molecule has 130 valence electrons. The Morgan fingerprint density at radius 1 is 0.739 bits per heavy atom. The molecule has 4 heteroatoms. The lowest BCUT2D eigenvalue weighted by atomic mass is 10.1. The number of hydrogen-bond donors (Lipinski definition) is 2. The first-order valence-electron chi connectivity index (χ1n) is 8.59. The van der Waals surface area contributed by atoms with Crippen LogP contribution >= 0.6 is 0 Å². The highest BCUT2D eigenvalue weighted by Gasteiger charge is 2.13. The monoisotopic (exact) mass is 322 g/mol. The van der Waals surface area contributed by atoms with E-state index in [1.165, 1.54) is 57.4 Å². The Labute approximate surface area is 139 Å². The Morgan fingerprint density at radius 2 is 1.26 bits per heavy atom. The second kappa shape index (κ2) is 15.1.